The predicted octanol–water partition coefficient (Wildman–Crippen LogP) is 0.0915. The summed E-state index contributed by atoms with van der Waals surface area (Å²) in [5.74, 6) is -1.61. The van der Waals surface area contributed by atoms with Gasteiger partial charge in [0.25, 0.3) is 0 Å². The number of ether oxygens (including phenoxy) is 3. The van der Waals surface area contributed by atoms with Crippen molar-refractivity contribution in [3.8, 4) is 0 Å². The number of nitrogens with zero attached hydrogens (tertiary/aromatic N) is 4. The van der Waals surface area contributed by atoms with Crippen molar-refractivity contribution in [1.29, 1.82) is 0 Å². The van der Waals surface area contributed by atoms with E-state index < -0.39 is 48.7 Å². The van der Waals surface area contributed by atoms with Crippen molar-refractivity contribution >= 4 is 29.1 Å². The molecule has 2 N–H and O–H groups in total. The van der Waals surface area contributed by atoms with Crippen LogP contribution in [0.25, 0.3) is 11.2 Å². The Hall–Kier alpha value is -3.28. The van der Waals surface area contributed by atoms with Crippen LogP contribution in [-0.2, 0) is 30.3 Å². The molecule has 0 spiro atoms. The molecule has 4 atom stereocenters. The molecule has 0 saturated carbocycles. The molecular formula is C17H20FN5O6. The number of fused-ring (bicyclic) bond motifs is 1. The van der Waals surface area contributed by atoms with E-state index in [0.29, 0.717) is 5.52 Å². The Labute approximate surface area is 163 Å². The number of allylic oxidation sites excluding steroid dienone is 1. The predicted molar refractivity (Wildman–Crippen MR) is 97.4 cm³/mol. The molecule has 3 heterocycles. The molecule has 0 unspecified atom stereocenters. The lowest BCUT2D eigenvalue weighted by molar-refractivity contribution is -0.154. The highest BCUT2D eigenvalue weighted by molar-refractivity contribution is 5.72. The van der Waals surface area contributed by atoms with Gasteiger partial charge < -0.3 is 19.9 Å². The highest BCUT2D eigenvalue weighted by Gasteiger charge is 2.50. The maximum atomic E-state index is 15.0. The first-order valence-corrected chi connectivity index (χ1v) is 8.66. The molecule has 1 aliphatic heterocycles. The van der Waals surface area contributed by atoms with Crippen LogP contribution in [-0.4, -0.2) is 56.5 Å². The Morgan fingerprint density at radius 1 is 1.48 bits per heavy atom. The van der Waals surface area contributed by atoms with Gasteiger partial charge in [-0.3, -0.25) is 14.2 Å². The third-order valence-corrected chi connectivity index (χ3v) is 4.45. The summed E-state index contributed by atoms with van der Waals surface area (Å²) in [6, 6.07) is 0. The molecule has 2 aromatic rings. The second kappa shape index (κ2) is 7.99. The topological polar surface area (TPSA) is 141 Å². The van der Waals surface area contributed by atoms with Gasteiger partial charge in [-0.1, -0.05) is 6.08 Å². The number of rotatable bonds is 6. The maximum absolute atomic E-state index is 15.0. The second-order valence-electron chi connectivity index (χ2n) is 6.35. The molecule has 1 saturated heterocycles. The van der Waals surface area contributed by atoms with Gasteiger partial charge in [0.05, 0.1) is 19.7 Å². The first-order valence-electron chi connectivity index (χ1n) is 8.66. The summed E-state index contributed by atoms with van der Waals surface area (Å²) >= 11 is 0. The van der Waals surface area contributed by atoms with Crippen molar-refractivity contribution in [2.75, 3.05) is 12.8 Å². The highest BCUT2D eigenvalue weighted by atomic mass is 19.1. The molecule has 12 heteroatoms. The first-order chi connectivity index (χ1) is 13.8. The lowest BCUT2D eigenvalue weighted by atomic mass is 10.1. The fourth-order valence-corrected chi connectivity index (χ4v) is 3.24. The fourth-order valence-electron chi connectivity index (χ4n) is 3.24. The third-order valence-electron chi connectivity index (χ3n) is 4.45. The lowest BCUT2D eigenvalue weighted by Crippen LogP contribution is -2.37. The number of esters is 2. The van der Waals surface area contributed by atoms with Crippen molar-refractivity contribution in [3.63, 3.8) is 0 Å². The molecular weight excluding hydrogens is 389 g/mol. The number of nitrogens with two attached hydrogens (primary N) is 1. The van der Waals surface area contributed by atoms with Crippen LogP contribution in [0.1, 0.15) is 19.6 Å². The van der Waals surface area contributed by atoms with Crippen LogP contribution in [0.3, 0.4) is 0 Å². The van der Waals surface area contributed by atoms with Crippen LogP contribution in [0.5, 0.6) is 0 Å². The van der Waals surface area contributed by atoms with Crippen LogP contribution in [0.2, 0.25) is 0 Å². The SMILES string of the molecule is C=CCn1c(=O)n([C@@H]2O[C@H](CC(=O)OC)[C@@H](F)[C@H]2OC(C)=O)c2nc(N)ncc21. The van der Waals surface area contributed by atoms with Gasteiger partial charge in [-0.2, -0.15) is 4.98 Å². The summed E-state index contributed by atoms with van der Waals surface area (Å²) in [7, 11) is 1.15. The highest BCUT2D eigenvalue weighted by Crippen LogP contribution is 2.36. The van der Waals surface area contributed by atoms with E-state index in [1.807, 2.05) is 0 Å². The number of hydrogen-bond acceptors (Lipinski definition) is 9. The van der Waals surface area contributed by atoms with Crippen molar-refractivity contribution in [1.82, 2.24) is 19.1 Å². The lowest BCUT2D eigenvalue weighted by Gasteiger charge is -2.19. The Morgan fingerprint density at radius 3 is 2.83 bits per heavy atom. The van der Waals surface area contributed by atoms with Gasteiger partial charge in [-0.25, -0.2) is 18.7 Å². The number of alkyl halides is 1. The van der Waals surface area contributed by atoms with E-state index in [9.17, 15) is 14.4 Å². The summed E-state index contributed by atoms with van der Waals surface area (Å²) in [5.41, 5.74) is 5.41. The van der Waals surface area contributed by atoms with Gasteiger partial charge in [0.2, 0.25) is 5.95 Å². The number of anilines is 1. The van der Waals surface area contributed by atoms with E-state index in [2.05, 4.69) is 21.3 Å². The average molecular weight is 409 g/mol. The Kier molecular flexibility index (Phi) is 5.64. The molecule has 0 radical (unpaired) electrons. The molecule has 3 rings (SSSR count). The van der Waals surface area contributed by atoms with E-state index in [1.165, 1.54) is 16.8 Å². The summed E-state index contributed by atoms with van der Waals surface area (Å²) in [6.07, 6.45) is -3.64. The number of aromatic nitrogens is 4. The Bertz CT molecular complexity index is 1020. The van der Waals surface area contributed by atoms with Gasteiger partial charge in [0.15, 0.2) is 24.2 Å². The quantitative estimate of drug-likeness (QED) is 0.519. The molecule has 2 aromatic heterocycles. The minimum absolute atomic E-state index is 0.0671. The van der Waals surface area contributed by atoms with Crippen LogP contribution in [0.4, 0.5) is 10.3 Å². The van der Waals surface area contributed by atoms with Crippen LogP contribution < -0.4 is 11.4 Å². The summed E-state index contributed by atoms with van der Waals surface area (Å²) in [4.78, 5) is 44.1. The standard InChI is InChI=1S/C17H20FN5O6/c1-4-5-22-9-7-20-16(19)21-14(9)23(17(22)26)15-13(28-8(2)24)12(18)10(29-15)6-11(25)27-3/h4,7,10,12-13,15H,1,5-6H2,2-3H3,(H2,19,20,21)/t10-,12-,13-,15-/m1/s1. The maximum Gasteiger partial charge on any atom is 0.332 e. The van der Waals surface area contributed by atoms with Crippen molar-refractivity contribution in [2.45, 2.75) is 44.5 Å². The number of hydrogen-bond donors (Lipinski definition) is 1. The first kappa shape index (κ1) is 20.5. The van der Waals surface area contributed by atoms with Crippen molar-refractivity contribution < 1.29 is 28.2 Å². The minimum Gasteiger partial charge on any atom is -0.469 e. The van der Waals surface area contributed by atoms with Gasteiger partial charge >= 0.3 is 17.6 Å². The summed E-state index contributed by atoms with van der Waals surface area (Å²) < 4.78 is 32.6. The fraction of sp³-hybridized carbons (Fsp3) is 0.471. The van der Waals surface area contributed by atoms with Gasteiger partial charge in [0, 0.05) is 13.5 Å². The number of methoxy groups -OCH3 is 1. The molecule has 1 aliphatic rings. The zero-order valence-electron chi connectivity index (χ0n) is 15.8. The molecule has 156 valence electrons. The van der Waals surface area contributed by atoms with E-state index in [4.69, 9.17) is 15.2 Å². The molecule has 11 nitrogen and oxygen atoms in total. The zero-order chi connectivity index (χ0) is 21.3. The van der Waals surface area contributed by atoms with Crippen LogP contribution in [0.15, 0.2) is 23.6 Å². The molecule has 0 aromatic carbocycles. The Balaban J connectivity index is 2.14. The van der Waals surface area contributed by atoms with Crippen LogP contribution in [0, 0.1) is 0 Å². The number of halogens is 1. The van der Waals surface area contributed by atoms with E-state index in [0.717, 1.165) is 18.6 Å². The van der Waals surface area contributed by atoms with Gasteiger partial charge in [-0.05, 0) is 0 Å². The van der Waals surface area contributed by atoms with Gasteiger partial charge in [-0.15, -0.1) is 6.58 Å². The molecule has 0 aliphatic carbocycles. The summed E-state index contributed by atoms with van der Waals surface area (Å²) in [5, 5.41) is 0. The van der Waals surface area contributed by atoms with E-state index >= 15 is 4.39 Å². The smallest absolute Gasteiger partial charge is 0.332 e. The number of carbonyl (C=O) groups is 2. The molecule has 0 bridgehead atoms. The molecule has 0 amide bonds. The number of carbonyl (C=O) groups excluding carboxylic acids is 2. The minimum atomic E-state index is -1.88. The molecule has 1 fully saturated rings. The van der Waals surface area contributed by atoms with Crippen molar-refractivity contribution in [3.05, 3.63) is 29.3 Å². The zero-order valence-corrected chi connectivity index (χ0v) is 15.8. The van der Waals surface area contributed by atoms with Gasteiger partial charge in [0.1, 0.15) is 11.6 Å². The number of nitrogen functional groups attached to an aromatic ring is 1. The number of imidazole rings is 1. The third kappa shape index (κ3) is 3.70. The second-order valence-corrected chi connectivity index (χ2v) is 6.35. The van der Waals surface area contributed by atoms with Crippen LogP contribution >= 0.6 is 0 Å². The Morgan fingerprint density at radius 2 is 2.21 bits per heavy atom. The van der Waals surface area contributed by atoms with E-state index in [-0.39, 0.29) is 18.1 Å². The summed E-state index contributed by atoms with van der Waals surface area (Å²) in [6.45, 7) is 4.82. The molecule has 29 heavy (non-hydrogen) atoms. The monoisotopic (exact) mass is 409 g/mol. The largest absolute Gasteiger partial charge is 0.469 e. The van der Waals surface area contributed by atoms with E-state index in [1.54, 1.807) is 0 Å². The van der Waals surface area contributed by atoms with Crippen molar-refractivity contribution in [2.24, 2.45) is 0 Å². The average Bonchev–Trinajstić information content (AvgIpc) is 3.10. The normalized spacial score (nSPS) is 23.8.